The number of rotatable bonds is 1. The van der Waals surface area contributed by atoms with E-state index in [1.807, 2.05) is 0 Å². The first-order valence-corrected chi connectivity index (χ1v) is 5.31. The number of ether oxygens (including phenoxy) is 1. The van der Waals surface area contributed by atoms with Crippen LogP contribution >= 0.6 is 0 Å². The molecule has 0 rings (SSSR count). The van der Waals surface area contributed by atoms with Crippen LogP contribution in [0.3, 0.4) is 0 Å². The average molecular weight is 433 g/mol. The SMILES string of the molecule is CC(C)(C)O[C]=O.CN.F[B-](F)(F)F.F[B-](F)(F)F.F[B-](F)(F)F.[KH]. The van der Waals surface area contributed by atoms with Crippen molar-refractivity contribution in [2.24, 2.45) is 5.73 Å². The Labute approximate surface area is 179 Å². The Morgan fingerprint density at radius 2 is 0.800 bits per heavy atom. The average Bonchev–Trinajstić information content (AvgIpc) is 2.09. The number of halogens is 12. The van der Waals surface area contributed by atoms with Gasteiger partial charge >= 0.3 is 79.6 Å². The molecule has 153 valence electrons. The van der Waals surface area contributed by atoms with Gasteiger partial charge in [-0.05, 0) is 27.8 Å². The molecule has 0 bridgehead atoms. The Morgan fingerprint density at radius 3 is 0.800 bits per heavy atom. The van der Waals surface area contributed by atoms with Gasteiger partial charge < -0.3 is 62.3 Å². The van der Waals surface area contributed by atoms with Gasteiger partial charge in [0, 0.05) is 0 Å². The summed E-state index contributed by atoms with van der Waals surface area (Å²) in [4.78, 5) is 9.47. The first-order chi connectivity index (χ1) is 10.1. The van der Waals surface area contributed by atoms with E-state index in [4.69, 9.17) is 0 Å². The fraction of sp³-hybridized carbons (Fsp3) is 0.833. The summed E-state index contributed by atoms with van der Waals surface area (Å²) < 4.78 is 121. The molecule has 0 aliphatic rings. The Bertz CT molecular complexity index is 233. The molecule has 25 heavy (non-hydrogen) atoms. The minimum absolute atomic E-state index is 0. The van der Waals surface area contributed by atoms with Crippen molar-refractivity contribution in [2.75, 3.05) is 7.05 Å². The molecule has 0 spiro atoms. The van der Waals surface area contributed by atoms with Crippen LogP contribution in [0.2, 0.25) is 0 Å². The summed E-state index contributed by atoms with van der Waals surface area (Å²) in [7, 11) is -16.5. The molecule has 0 aliphatic carbocycles. The van der Waals surface area contributed by atoms with E-state index in [2.05, 4.69) is 10.5 Å². The molecule has 0 amide bonds. The van der Waals surface area contributed by atoms with Crippen molar-refractivity contribution in [3.63, 3.8) is 0 Å². The first-order valence-electron chi connectivity index (χ1n) is 5.31. The van der Waals surface area contributed by atoms with Crippen molar-refractivity contribution >= 4 is 79.6 Å². The van der Waals surface area contributed by atoms with Gasteiger partial charge in [-0.3, -0.25) is 0 Å². The second-order valence-corrected chi connectivity index (χ2v) is 3.78. The summed E-state index contributed by atoms with van der Waals surface area (Å²) in [6, 6.07) is 0. The summed E-state index contributed by atoms with van der Waals surface area (Å²) >= 11 is 0. The van der Waals surface area contributed by atoms with E-state index in [9.17, 15) is 56.6 Å². The Morgan fingerprint density at radius 1 is 0.680 bits per heavy atom. The monoisotopic (exact) mass is 433 g/mol. The maximum absolute atomic E-state index is 9.75. The van der Waals surface area contributed by atoms with E-state index >= 15 is 0 Å². The molecule has 0 atom stereocenters. The standard InChI is InChI=1S/C5H9O2.CH5N.3BF4.K.H/c1-5(2,3)7-4-6;1-2;3*2-1(3,4)5;;/h1-3H3;2H2,1H3;;;;;/q;;3*-1;;. The fourth-order valence-electron chi connectivity index (χ4n) is 0.125. The Kier molecular flexibility index (Phi) is 30.9. The molecule has 0 unspecified atom stereocenters. The molecule has 0 aromatic heterocycles. The van der Waals surface area contributed by atoms with Crippen LogP contribution in [0.25, 0.3) is 0 Å². The molecular formula is C6H15B3F12KNO2-3. The Hall–Kier alpha value is 0.421. The number of nitrogens with two attached hydrogens (primary N) is 1. The van der Waals surface area contributed by atoms with Gasteiger partial charge in [0.05, 0.1) is 0 Å². The first kappa shape index (κ1) is 40.2. The molecule has 0 saturated carbocycles. The van der Waals surface area contributed by atoms with E-state index < -0.39 is 21.8 Å². The number of carbonyl (C=O) groups excluding carboxylic acids is 1. The van der Waals surface area contributed by atoms with Crippen molar-refractivity contribution in [1.82, 2.24) is 0 Å². The second-order valence-electron chi connectivity index (χ2n) is 3.78. The van der Waals surface area contributed by atoms with Crippen LogP contribution < -0.4 is 5.73 Å². The van der Waals surface area contributed by atoms with Crippen LogP contribution in [-0.4, -0.2) is 92.3 Å². The van der Waals surface area contributed by atoms with Gasteiger partial charge in [-0.15, -0.1) is 0 Å². The van der Waals surface area contributed by atoms with Crippen LogP contribution in [0.1, 0.15) is 20.8 Å². The molecule has 1 radical (unpaired) electrons. The third-order valence-electron chi connectivity index (χ3n) is 0.348. The summed E-state index contributed by atoms with van der Waals surface area (Å²) in [6.45, 7) is 6.73. The van der Waals surface area contributed by atoms with Gasteiger partial charge in [0.25, 0.3) is 0 Å². The molecule has 3 nitrogen and oxygen atoms in total. The molecule has 0 aliphatic heterocycles. The molecule has 0 heterocycles. The molecule has 0 saturated heterocycles. The van der Waals surface area contributed by atoms with Crippen LogP contribution in [0.4, 0.5) is 51.8 Å². The fourth-order valence-corrected chi connectivity index (χ4v) is 0.125. The molecule has 0 fully saturated rings. The van der Waals surface area contributed by atoms with Crippen LogP contribution in [0.15, 0.2) is 0 Å². The van der Waals surface area contributed by atoms with Crippen molar-refractivity contribution in [3.8, 4) is 0 Å². The van der Waals surface area contributed by atoms with Crippen LogP contribution in [0.5, 0.6) is 0 Å². The van der Waals surface area contributed by atoms with E-state index in [1.54, 1.807) is 20.8 Å². The molecule has 0 aromatic carbocycles. The quantitative estimate of drug-likeness (QED) is 0.508. The predicted molar refractivity (Wildman–Crippen MR) is 74.3 cm³/mol. The molecule has 19 heteroatoms. The summed E-state index contributed by atoms with van der Waals surface area (Å²) in [5.74, 6) is 0. The zero-order chi connectivity index (χ0) is 21.4. The van der Waals surface area contributed by atoms with E-state index in [1.165, 1.54) is 13.5 Å². The number of hydrogen-bond acceptors (Lipinski definition) is 3. The summed E-state index contributed by atoms with van der Waals surface area (Å²) in [5, 5.41) is 0. The zero-order valence-corrected chi connectivity index (χ0v) is 12.7. The van der Waals surface area contributed by atoms with Gasteiger partial charge in [0.1, 0.15) is 5.60 Å². The predicted octanol–water partition coefficient (Wildman–Crippen LogP) is 3.70. The second kappa shape index (κ2) is 19.2. The van der Waals surface area contributed by atoms with Gasteiger partial charge in [-0.2, -0.15) is 0 Å². The van der Waals surface area contributed by atoms with Crippen molar-refractivity contribution < 1.29 is 61.3 Å². The zero-order valence-electron chi connectivity index (χ0n) is 12.7. The van der Waals surface area contributed by atoms with Crippen LogP contribution in [0, 0.1) is 0 Å². The van der Waals surface area contributed by atoms with Crippen molar-refractivity contribution in [3.05, 3.63) is 0 Å². The Balaban J connectivity index is -0.0000000464. The summed E-state index contributed by atoms with van der Waals surface area (Å²) in [6.07, 6.45) is 0. The topological polar surface area (TPSA) is 52.3 Å². The van der Waals surface area contributed by atoms with Crippen molar-refractivity contribution in [1.29, 1.82) is 0 Å². The molecule has 0 aromatic rings. The van der Waals surface area contributed by atoms with E-state index in [0.29, 0.717) is 0 Å². The third-order valence-corrected chi connectivity index (χ3v) is 0.348. The third kappa shape index (κ3) is 628. The minimum atomic E-state index is -6.00. The normalized spacial score (nSPS) is 10.4. The summed E-state index contributed by atoms with van der Waals surface area (Å²) in [5.41, 5.74) is 4.13. The van der Waals surface area contributed by atoms with Gasteiger partial charge in [-0.1, -0.05) is 0 Å². The van der Waals surface area contributed by atoms with Gasteiger partial charge in [-0.25, -0.2) is 4.79 Å². The van der Waals surface area contributed by atoms with E-state index in [-0.39, 0.29) is 57.0 Å². The maximum atomic E-state index is 9.75. The van der Waals surface area contributed by atoms with Gasteiger partial charge in [0.2, 0.25) is 0 Å². The van der Waals surface area contributed by atoms with E-state index in [0.717, 1.165) is 0 Å². The molecule has 2 N–H and O–H groups in total. The van der Waals surface area contributed by atoms with Gasteiger partial charge in [0.15, 0.2) is 0 Å². The van der Waals surface area contributed by atoms with Crippen LogP contribution in [-0.2, 0) is 9.53 Å². The van der Waals surface area contributed by atoms with Crippen molar-refractivity contribution in [2.45, 2.75) is 26.4 Å². The molecular weight excluding hydrogens is 418 g/mol. The number of hydrogen-bond donors (Lipinski definition) is 1.